The number of hydrogen-bond donors (Lipinski definition) is 2. The Labute approximate surface area is 176 Å². The Morgan fingerprint density at radius 3 is 2.52 bits per heavy atom. The number of benzene rings is 2. The maximum atomic E-state index is 12.4. The Morgan fingerprint density at radius 2 is 1.83 bits per heavy atom. The molecule has 7 nitrogen and oxygen atoms in total. The first-order valence-corrected chi connectivity index (χ1v) is 9.90. The fourth-order valence-corrected chi connectivity index (χ4v) is 3.92. The summed E-state index contributed by atoms with van der Waals surface area (Å²) in [5.41, 5.74) is 1.46. The van der Waals surface area contributed by atoms with Crippen LogP contribution in [0.3, 0.4) is 0 Å². The normalized spacial score (nSPS) is 10.2. The molecule has 3 aromatic rings. The van der Waals surface area contributed by atoms with Gasteiger partial charge in [-0.25, -0.2) is 4.79 Å². The highest BCUT2D eigenvalue weighted by atomic mass is 32.1. The average molecular weight is 428 g/mol. The van der Waals surface area contributed by atoms with Crippen molar-refractivity contribution in [3.05, 3.63) is 76.3 Å². The number of rotatable bonds is 6. The molecule has 0 aliphatic carbocycles. The van der Waals surface area contributed by atoms with Crippen molar-refractivity contribution in [1.29, 1.82) is 0 Å². The summed E-state index contributed by atoms with van der Waals surface area (Å²) in [4.78, 5) is 23.9. The van der Waals surface area contributed by atoms with Crippen LogP contribution in [-0.4, -0.2) is 22.6 Å². The Morgan fingerprint density at radius 1 is 1.14 bits per heavy atom. The van der Waals surface area contributed by atoms with Gasteiger partial charge >= 0.3 is 5.97 Å². The molecule has 0 saturated heterocycles. The van der Waals surface area contributed by atoms with Gasteiger partial charge in [-0.2, -0.15) is 0 Å². The van der Waals surface area contributed by atoms with Crippen molar-refractivity contribution in [2.45, 2.75) is 6.92 Å². The Balaban J connectivity index is 1.87. The minimum absolute atomic E-state index is 0.0987. The third-order valence-electron chi connectivity index (χ3n) is 3.86. The van der Waals surface area contributed by atoms with Gasteiger partial charge in [0, 0.05) is 10.9 Å². The van der Waals surface area contributed by atoms with Crippen LogP contribution in [0.1, 0.15) is 17.3 Å². The first-order chi connectivity index (χ1) is 14.0. The van der Waals surface area contributed by atoms with Gasteiger partial charge in [0.1, 0.15) is 10.7 Å². The number of nitrogens with zero attached hydrogens (tertiary/aromatic N) is 1. The molecule has 1 aromatic heterocycles. The summed E-state index contributed by atoms with van der Waals surface area (Å²) >= 11 is 6.65. The van der Waals surface area contributed by atoms with Crippen molar-refractivity contribution in [2.24, 2.45) is 0 Å². The van der Waals surface area contributed by atoms with Crippen molar-refractivity contribution in [3.63, 3.8) is 0 Å². The van der Waals surface area contributed by atoms with Crippen molar-refractivity contribution < 1.29 is 14.5 Å². The van der Waals surface area contributed by atoms with E-state index < -0.39 is 10.9 Å². The van der Waals surface area contributed by atoms with Crippen LogP contribution in [0.4, 0.5) is 16.4 Å². The van der Waals surface area contributed by atoms with E-state index in [9.17, 15) is 14.9 Å². The molecule has 9 heteroatoms. The van der Waals surface area contributed by atoms with Crippen LogP contribution in [0, 0.1) is 10.1 Å². The van der Waals surface area contributed by atoms with Crippen LogP contribution < -0.4 is 10.6 Å². The molecule has 0 atom stereocenters. The minimum atomic E-state index is -0.492. The molecule has 1 heterocycles. The largest absolute Gasteiger partial charge is 0.462 e. The quantitative estimate of drug-likeness (QED) is 0.238. The molecule has 148 valence electrons. The van der Waals surface area contributed by atoms with Crippen LogP contribution >= 0.6 is 23.6 Å². The van der Waals surface area contributed by atoms with Gasteiger partial charge in [-0.15, -0.1) is 11.3 Å². The van der Waals surface area contributed by atoms with Gasteiger partial charge in [-0.3, -0.25) is 10.1 Å². The van der Waals surface area contributed by atoms with E-state index in [1.54, 1.807) is 31.2 Å². The number of anilines is 2. The van der Waals surface area contributed by atoms with E-state index in [4.69, 9.17) is 17.0 Å². The van der Waals surface area contributed by atoms with Gasteiger partial charge in [-0.05, 0) is 36.8 Å². The summed E-state index contributed by atoms with van der Waals surface area (Å²) in [6, 6.07) is 17.5. The van der Waals surface area contributed by atoms with Gasteiger partial charge < -0.3 is 15.4 Å². The van der Waals surface area contributed by atoms with Gasteiger partial charge in [0.15, 0.2) is 5.11 Å². The zero-order chi connectivity index (χ0) is 20.8. The summed E-state index contributed by atoms with van der Waals surface area (Å²) in [5.74, 6) is -0.470. The molecular weight excluding hydrogens is 410 g/mol. The summed E-state index contributed by atoms with van der Waals surface area (Å²) in [6.07, 6.45) is 0. The summed E-state index contributed by atoms with van der Waals surface area (Å²) in [6.45, 7) is 1.98. The number of ether oxygens (including phenoxy) is 1. The number of nitro benzene ring substituents is 1. The third-order valence-corrected chi connectivity index (χ3v) is 5.17. The SMILES string of the molecule is CCOC(=O)c1cc(-c2ccccc2)sc1NC(=S)Nc1ccccc1[N+](=O)[O-]. The molecule has 2 N–H and O–H groups in total. The number of thiophene rings is 1. The number of hydrogen-bond acceptors (Lipinski definition) is 6. The highest BCUT2D eigenvalue weighted by Crippen LogP contribution is 2.36. The fourth-order valence-electron chi connectivity index (χ4n) is 2.58. The minimum Gasteiger partial charge on any atom is -0.462 e. The zero-order valence-corrected chi connectivity index (χ0v) is 17.0. The van der Waals surface area contributed by atoms with Gasteiger partial charge in [0.2, 0.25) is 0 Å². The second-order valence-corrected chi connectivity index (χ2v) is 7.25. The molecular formula is C20H17N3O4S2. The lowest BCUT2D eigenvalue weighted by Gasteiger charge is -2.10. The average Bonchev–Trinajstić information content (AvgIpc) is 3.13. The molecule has 0 bridgehead atoms. The van der Waals surface area contributed by atoms with Crippen LogP contribution in [0.2, 0.25) is 0 Å². The number of nitrogens with one attached hydrogen (secondary N) is 2. The van der Waals surface area contributed by atoms with Crippen molar-refractivity contribution in [3.8, 4) is 10.4 Å². The lowest BCUT2D eigenvalue weighted by atomic mass is 10.1. The van der Waals surface area contributed by atoms with E-state index in [-0.39, 0.29) is 23.1 Å². The number of carbonyl (C=O) groups is 1. The molecule has 3 rings (SSSR count). The van der Waals surface area contributed by atoms with Gasteiger partial charge in [0.05, 0.1) is 17.1 Å². The zero-order valence-electron chi connectivity index (χ0n) is 15.4. The summed E-state index contributed by atoms with van der Waals surface area (Å²) < 4.78 is 5.14. The standard InChI is InChI=1S/C20H17N3O4S2/c1-2-27-19(24)14-12-17(13-8-4-3-5-9-13)29-18(14)22-20(28)21-15-10-6-7-11-16(15)23(25)26/h3-12H,2H2,1H3,(H2,21,22,28). The van der Waals surface area contributed by atoms with Crippen molar-refractivity contribution in [2.75, 3.05) is 17.2 Å². The van der Waals surface area contributed by atoms with Gasteiger partial charge in [0.25, 0.3) is 5.69 Å². The first kappa shape index (κ1) is 20.4. The van der Waals surface area contributed by atoms with Crippen LogP contribution in [0.5, 0.6) is 0 Å². The molecule has 0 radical (unpaired) electrons. The lowest BCUT2D eigenvalue weighted by Crippen LogP contribution is -2.20. The summed E-state index contributed by atoms with van der Waals surface area (Å²) in [5, 5.41) is 17.6. The van der Waals surface area contributed by atoms with E-state index in [0.29, 0.717) is 10.6 Å². The lowest BCUT2D eigenvalue weighted by molar-refractivity contribution is -0.383. The Bertz CT molecular complexity index is 1050. The smallest absolute Gasteiger partial charge is 0.341 e. The highest BCUT2D eigenvalue weighted by molar-refractivity contribution is 7.80. The summed E-state index contributed by atoms with van der Waals surface area (Å²) in [7, 11) is 0. The molecule has 0 spiro atoms. The maximum Gasteiger partial charge on any atom is 0.341 e. The molecule has 0 fully saturated rings. The predicted molar refractivity (Wildman–Crippen MR) is 119 cm³/mol. The van der Waals surface area contributed by atoms with Crippen molar-refractivity contribution in [1.82, 2.24) is 0 Å². The van der Waals surface area contributed by atoms with E-state index in [1.165, 1.54) is 17.4 Å². The Kier molecular flexibility index (Phi) is 6.53. The van der Waals surface area contributed by atoms with Crippen LogP contribution in [0.15, 0.2) is 60.7 Å². The third kappa shape index (κ3) is 4.95. The first-order valence-electron chi connectivity index (χ1n) is 8.67. The molecule has 0 amide bonds. The molecule has 0 saturated carbocycles. The van der Waals surface area contributed by atoms with Crippen LogP contribution in [0.25, 0.3) is 10.4 Å². The van der Waals surface area contributed by atoms with Crippen molar-refractivity contribution >= 4 is 51.0 Å². The number of para-hydroxylation sites is 2. The number of carbonyl (C=O) groups excluding carboxylic acids is 1. The second kappa shape index (κ2) is 9.26. The van der Waals surface area contributed by atoms with Crippen LogP contribution in [-0.2, 0) is 4.74 Å². The van der Waals surface area contributed by atoms with Gasteiger partial charge in [-0.1, -0.05) is 42.5 Å². The second-order valence-electron chi connectivity index (χ2n) is 5.79. The molecule has 0 unspecified atom stereocenters. The van der Waals surface area contributed by atoms with E-state index in [0.717, 1.165) is 10.4 Å². The fraction of sp³-hybridized carbons (Fsp3) is 0.100. The van der Waals surface area contributed by atoms with E-state index in [1.807, 2.05) is 30.3 Å². The highest BCUT2D eigenvalue weighted by Gasteiger charge is 2.20. The maximum absolute atomic E-state index is 12.4. The molecule has 0 aliphatic rings. The molecule has 0 aliphatic heterocycles. The molecule has 2 aromatic carbocycles. The number of thiocarbonyl (C=S) groups is 1. The number of nitro groups is 1. The monoisotopic (exact) mass is 427 g/mol. The molecule has 29 heavy (non-hydrogen) atoms. The Hall–Kier alpha value is -3.30. The van der Waals surface area contributed by atoms with E-state index >= 15 is 0 Å². The van der Waals surface area contributed by atoms with E-state index in [2.05, 4.69) is 10.6 Å². The number of esters is 1. The predicted octanol–water partition coefficient (Wildman–Crippen LogP) is 5.31. The topological polar surface area (TPSA) is 93.5 Å².